The van der Waals surface area contributed by atoms with Crippen LogP contribution in [0, 0.1) is 0 Å². The van der Waals surface area contributed by atoms with Crippen LogP contribution >= 0.6 is 0 Å². The number of benzene rings is 1. The Kier molecular flexibility index (Phi) is 8.89. The summed E-state index contributed by atoms with van der Waals surface area (Å²) in [6, 6.07) is 5.63. The summed E-state index contributed by atoms with van der Waals surface area (Å²) in [4.78, 5) is 58.6. The number of anilines is 1. The highest BCUT2D eigenvalue weighted by molar-refractivity contribution is 6.12. The Morgan fingerprint density at radius 3 is 2.23 bits per heavy atom. The van der Waals surface area contributed by atoms with E-state index in [0.717, 1.165) is 10.5 Å². The number of unbranched alkanes of at least 4 members (excludes halogenated alkanes) is 2. The van der Waals surface area contributed by atoms with E-state index in [1.165, 1.54) is 12.2 Å². The quantitative estimate of drug-likeness (QED) is 0.272. The van der Waals surface area contributed by atoms with E-state index in [9.17, 15) is 24.0 Å². The molecular weight excluding hydrogens is 404 g/mol. The predicted molar refractivity (Wildman–Crippen MR) is 112 cm³/mol. The van der Waals surface area contributed by atoms with Gasteiger partial charge in [0.1, 0.15) is 6.04 Å². The maximum atomic E-state index is 12.0. The monoisotopic (exact) mass is 430 g/mol. The molecule has 10 heteroatoms. The summed E-state index contributed by atoms with van der Waals surface area (Å²) in [5.41, 5.74) is 6.74. The molecule has 1 aromatic rings. The lowest BCUT2D eigenvalue weighted by molar-refractivity contribution is -0.139. The molecule has 166 valence electrons. The average molecular weight is 430 g/mol. The van der Waals surface area contributed by atoms with Crippen LogP contribution in [-0.4, -0.2) is 58.7 Å². The molecule has 0 aromatic heterocycles. The van der Waals surface area contributed by atoms with Crippen LogP contribution in [0.25, 0.3) is 0 Å². The van der Waals surface area contributed by atoms with E-state index in [4.69, 9.17) is 10.8 Å². The summed E-state index contributed by atoms with van der Waals surface area (Å²) in [5.74, 6) is -2.35. The maximum absolute atomic E-state index is 12.0. The lowest BCUT2D eigenvalue weighted by Gasteiger charge is -2.13. The van der Waals surface area contributed by atoms with Crippen molar-refractivity contribution in [2.24, 2.45) is 5.73 Å². The molecule has 1 heterocycles. The number of carbonyl (C=O) groups excluding carboxylic acids is 4. The van der Waals surface area contributed by atoms with Crippen LogP contribution in [0.2, 0.25) is 0 Å². The summed E-state index contributed by atoms with van der Waals surface area (Å²) >= 11 is 0. The maximum Gasteiger partial charge on any atom is 0.320 e. The molecule has 0 aliphatic carbocycles. The zero-order chi connectivity index (χ0) is 22.8. The molecule has 0 saturated carbocycles. The van der Waals surface area contributed by atoms with E-state index in [1.54, 1.807) is 24.3 Å². The molecule has 5 N–H and O–H groups in total. The first-order valence-corrected chi connectivity index (χ1v) is 9.93. The second kappa shape index (κ2) is 11.6. The molecule has 1 aromatic carbocycles. The van der Waals surface area contributed by atoms with Crippen molar-refractivity contribution in [3.63, 3.8) is 0 Å². The smallest absolute Gasteiger partial charge is 0.320 e. The topological polar surface area (TPSA) is 159 Å². The fourth-order valence-electron chi connectivity index (χ4n) is 2.92. The van der Waals surface area contributed by atoms with Crippen LogP contribution in [-0.2, 0) is 30.4 Å². The molecular formula is C21H26N4O6. The molecule has 1 atom stereocenters. The zero-order valence-electron chi connectivity index (χ0n) is 17.0. The Bertz CT molecular complexity index is 847. The van der Waals surface area contributed by atoms with Crippen LogP contribution in [0.5, 0.6) is 0 Å². The number of hydrogen-bond donors (Lipinski definition) is 4. The number of nitrogens with zero attached hydrogens (tertiary/aromatic N) is 1. The minimum absolute atomic E-state index is 0.174. The van der Waals surface area contributed by atoms with Gasteiger partial charge < -0.3 is 21.5 Å². The number of aliphatic carboxylic acids is 1. The number of imide groups is 1. The number of carbonyl (C=O) groups is 5. The Labute approximate surface area is 179 Å². The van der Waals surface area contributed by atoms with Crippen LogP contribution in [0.1, 0.15) is 31.2 Å². The van der Waals surface area contributed by atoms with Crippen molar-refractivity contribution in [1.29, 1.82) is 0 Å². The van der Waals surface area contributed by atoms with E-state index in [-0.39, 0.29) is 43.0 Å². The molecule has 10 nitrogen and oxygen atoms in total. The first kappa shape index (κ1) is 23.7. The Hall–Kier alpha value is -3.53. The summed E-state index contributed by atoms with van der Waals surface area (Å²) in [5, 5.41) is 14.0. The van der Waals surface area contributed by atoms with Gasteiger partial charge in [-0.05, 0) is 37.0 Å². The second-order valence-corrected chi connectivity index (χ2v) is 7.14. The average Bonchev–Trinajstić information content (AvgIpc) is 3.05. The lowest BCUT2D eigenvalue weighted by atomic mass is 10.1. The number of rotatable bonds is 12. The minimum Gasteiger partial charge on any atom is -0.480 e. The van der Waals surface area contributed by atoms with Gasteiger partial charge in [-0.25, -0.2) is 0 Å². The first-order chi connectivity index (χ1) is 14.8. The van der Waals surface area contributed by atoms with E-state index >= 15 is 0 Å². The standard InChI is InChI=1S/C21H26N4O6/c22-16(21(30)31)12-14-5-7-15(8-6-14)24-18(27)13-23-17(26)4-2-1-3-11-25-19(28)9-10-20(25)29/h5-10,16H,1-4,11-13,22H2,(H,23,26)(H,24,27)(H,30,31)/t16-/m0/s1. The molecule has 1 aliphatic heterocycles. The van der Waals surface area contributed by atoms with E-state index in [1.807, 2.05) is 0 Å². The van der Waals surface area contributed by atoms with Gasteiger partial charge in [0.25, 0.3) is 11.8 Å². The summed E-state index contributed by atoms with van der Waals surface area (Å²) < 4.78 is 0. The second-order valence-electron chi connectivity index (χ2n) is 7.14. The Morgan fingerprint density at radius 2 is 1.61 bits per heavy atom. The zero-order valence-corrected chi connectivity index (χ0v) is 17.0. The third kappa shape index (κ3) is 8.01. The minimum atomic E-state index is -1.08. The number of carboxylic acids is 1. The van der Waals surface area contributed by atoms with Crippen molar-refractivity contribution in [3.8, 4) is 0 Å². The highest BCUT2D eigenvalue weighted by Gasteiger charge is 2.22. The highest BCUT2D eigenvalue weighted by Crippen LogP contribution is 2.11. The number of hydrogen-bond acceptors (Lipinski definition) is 6. The molecule has 0 unspecified atom stereocenters. The van der Waals surface area contributed by atoms with Gasteiger partial charge in [-0.15, -0.1) is 0 Å². The van der Waals surface area contributed by atoms with E-state index < -0.39 is 12.0 Å². The van der Waals surface area contributed by atoms with Crippen LogP contribution in [0.15, 0.2) is 36.4 Å². The lowest BCUT2D eigenvalue weighted by Crippen LogP contribution is -2.33. The third-order valence-corrected chi connectivity index (χ3v) is 4.64. The summed E-state index contributed by atoms with van der Waals surface area (Å²) in [6.07, 6.45) is 4.77. The molecule has 0 fully saturated rings. The van der Waals surface area contributed by atoms with Crippen molar-refractivity contribution >= 4 is 35.3 Å². The van der Waals surface area contributed by atoms with Crippen LogP contribution < -0.4 is 16.4 Å². The molecule has 0 saturated heterocycles. The molecule has 0 bridgehead atoms. The van der Waals surface area contributed by atoms with Crippen molar-refractivity contribution in [3.05, 3.63) is 42.0 Å². The Balaban J connectivity index is 1.59. The van der Waals surface area contributed by atoms with Gasteiger partial charge >= 0.3 is 5.97 Å². The fourth-order valence-corrected chi connectivity index (χ4v) is 2.92. The van der Waals surface area contributed by atoms with Gasteiger partial charge in [0.15, 0.2) is 0 Å². The SMILES string of the molecule is N[C@@H](Cc1ccc(NC(=O)CNC(=O)CCCCCN2C(=O)C=CC2=O)cc1)C(=O)O. The molecule has 4 amide bonds. The molecule has 2 rings (SSSR count). The largest absolute Gasteiger partial charge is 0.480 e. The van der Waals surface area contributed by atoms with Gasteiger partial charge in [-0.1, -0.05) is 18.6 Å². The molecule has 1 aliphatic rings. The normalized spacial score (nSPS) is 13.9. The van der Waals surface area contributed by atoms with Crippen molar-refractivity contribution in [1.82, 2.24) is 10.2 Å². The van der Waals surface area contributed by atoms with Gasteiger partial charge in [0, 0.05) is 30.8 Å². The molecule has 0 spiro atoms. The molecule has 0 radical (unpaired) electrons. The number of carboxylic acid groups (broad SMARTS) is 1. The van der Waals surface area contributed by atoms with Gasteiger partial charge in [0.2, 0.25) is 11.8 Å². The highest BCUT2D eigenvalue weighted by atomic mass is 16.4. The Morgan fingerprint density at radius 1 is 0.968 bits per heavy atom. The number of nitrogens with one attached hydrogen (secondary N) is 2. The van der Waals surface area contributed by atoms with E-state index in [0.29, 0.717) is 31.5 Å². The van der Waals surface area contributed by atoms with Gasteiger partial charge in [0.05, 0.1) is 6.54 Å². The van der Waals surface area contributed by atoms with Gasteiger partial charge in [-0.3, -0.25) is 28.9 Å². The molecule has 31 heavy (non-hydrogen) atoms. The van der Waals surface area contributed by atoms with Crippen LogP contribution in [0.4, 0.5) is 5.69 Å². The van der Waals surface area contributed by atoms with Gasteiger partial charge in [-0.2, -0.15) is 0 Å². The van der Waals surface area contributed by atoms with Crippen molar-refractivity contribution < 1.29 is 29.1 Å². The third-order valence-electron chi connectivity index (χ3n) is 4.64. The van der Waals surface area contributed by atoms with E-state index in [2.05, 4.69) is 10.6 Å². The predicted octanol–water partition coefficient (Wildman–Crippen LogP) is 0.181. The van der Waals surface area contributed by atoms with Crippen LogP contribution in [0.3, 0.4) is 0 Å². The summed E-state index contributed by atoms with van der Waals surface area (Å²) in [7, 11) is 0. The first-order valence-electron chi connectivity index (χ1n) is 9.93. The summed E-state index contributed by atoms with van der Waals surface area (Å²) in [6.45, 7) is 0.155. The fraction of sp³-hybridized carbons (Fsp3) is 0.381. The number of nitrogens with two attached hydrogens (primary N) is 1. The van der Waals surface area contributed by atoms with Crippen molar-refractivity contribution in [2.45, 2.75) is 38.1 Å². The van der Waals surface area contributed by atoms with Crippen molar-refractivity contribution in [2.75, 3.05) is 18.4 Å². The number of amides is 4.